The molecule has 1 aliphatic rings. The molecule has 12 heavy (non-hydrogen) atoms. The molecular weight excluding hydrogens is 190 g/mol. The smallest absolute Gasteiger partial charge is 0.256 e. The molecule has 4 heteroatoms. The summed E-state index contributed by atoms with van der Waals surface area (Å²) in [6, 6.07) is 2.15. The average molecular weight is 199 g/mol. The van der Waals surface area contributed by atoms with Crippen molar-refractivity contribution in [2.75, 3.05) is 0 Å². The van der Waals surface area contributed by atoms with Gasteiger partial charge in [-0.05, 0) is 28.9 Å². The zero-order valence-electron chi connectivity index (χ0n) is 7.17. The molecule has 1 rings (SSSR count). The highest BCUT2D eigenvalue weighted by molar-refractivity contribution is 8.57. The molecule has 0 amide bonds. The zero-order valence-corrected chi connectivity index (χ0v) is 8.80. The molecule has 0 aromatic rings. The van der Waals surface area contributed by atoms with E-state index in [4.69, 9.17) is 5.26 Å². The van der Waals surface area contributed by atoms with Crippen molar-refractivity contribution in [2.45, 2.75) is 20.8 Å². The molecule has 0 bridgehead atoms. The first-order valence-corrected chi connectivity index (χ1v) is 5.13. The van der Waals surface area contributed by atoms with Crippen LogP contribution in [0.15, 0.2) is 9.81 Å². The SMILES string of the molecule is CC(C)(C)C(C#N)=C1SC(=O)S1. The van der Waals surface area contributed by atoms with Gasteiger partial charge in [0.25, 0.3) is 4.45 Å². The number of thioether (sulfide) groups is 2. The Balaban J connectivity index is 2.92. The van der Waals surface area contributed by atoms with Crippen molar-refractivity contribution in [2.24, 2.45) is 5.41 Å². The molecule has 0 aliphatic carbocycles. The van der Waals surface area contributed by atoms with Crippen molar-refractivity contribution in [3.8, 4) is 6.07 Å². The topological polar surface area (TPSA) is 40.9 Å². The normalized spacial score (nSPS) is 16.8. The lowest BCUT2D eigenvalue weighted by Crippen LogP contribution is -2.12. The third kappa shape index (κ3) is 1.85. The number of nitriles is 1. The average Bonchev–Trinajstić information content (AvgIpc) is 1.82. The first-order valence-electron chi connectivity index (χ1n) is 3.49. The van der Waals surface area contributed by atoms with Crippen LogP contribution in [0.4, 0.5) is 4.79 Å². The van der Waals surface area contributed by atoms with Gasteiger partial charge in [-0.3, -0.25) is 4.79 Å². The minimum absolute atomic E-state index is 0.0852. The fourth-order valence-electron chi connectivity index (χ4n) is 0.781. The summed E-state index contributed by atoms with van der Waals surface area (Å²) in [4.78, 5) is 10.6. The van der Waals surface area contributed by atoms with Gasteiger partial charge in [0.1, 0.15) is 0 Å². The second-order valence-corrected chi connectivity index (χ2v) is 5.96. The second-order valence-electron chi connectivity index (χ2n) is 3.48. The Kier molecular flexibility index (Phi) is 2.55. The summed E-state index contributed by atoms with van der Waals surface area (Å²) in [5.41, 5.74) is 0.572. The number of carbonyl (C=O) groups excluding carboxylic acids is 1. The molecule has 0 atom stereocenters. The Morgan fingerprint density at radius 1 is 1.42 bits per heavy atom. The maximum Gasteiger partial charge on any atom is 0.256 e. The molecule has 0 spiro atoms. The van der Waals surface area contributed by atoms with Crippen LogP contribution in [0.2, 0.25) is 0 Å². The minimum Gasteiger partial charge on any atom is -0.274 e. The van der Waals surface area contributed by atoms with E-state index in [0.717, 1.165) is 9.81 Å². The van der Waals surface area contributed by atoms with Crippen molar-refractivity contribution in [3.63, 3.8) is 0 Å². The van der Waals surface area contributed by atoms with Crippen LogP contribution in [0.1, 0.15) is 20.8 Å². The van der Waals surface area contributed by atoms with E-state index < -0.39 is 0 Å². The summed E-state index contributed by atoms with van der Waals surface area (Å²) in [7, 11) is 0. The van der Waals surface area contributed by atoms with Crippen LogP contribution < -0.4 is 0 Å². The van der Waals surface area contributed by atoms with Crippen molar-refractivity contribution in [3.05, 3.63) is 9.81 Å². The molecule has 1 aliphatic heterocycles. The maximum absolute atomic E-state index is 10.6. The number of allylic oxidation sites excluding steroid dienone is 1. The molecule has 2 nitrogen and oxygen atoms in total. The lowest BCUT2D eigenvalue weighted by Gasteiger charge is -2.23. The van der Waals surface area contributed by atoms with Crippen molar-refractivity contribution in [1.29, 1.82) is 5.26 Å². The van der Waals surface area contributed by atoms with E-state index in [2.05, 4.69) is 6.07 Å². The van der Waals surface area contributed by atoms with Gasteiger partial charge in [-0.15, -0.1) is 0 Å². The molecule has 0 aromatic carbocycles. The first-order chi connectivity index (χ1) is 5.45. The van der Waals surface area contributed by atoms with Gasteiger partial charge in [0.15, 0.2) is 0 Å². The third-order valence-electron chi connectivity index (χ3n) is 1.42. The molecule has 0 N–H and O–H groups in total. The molecule has 1 saturated heterocycles. The van der Waals surface area contributed by atoms with E-state index in [1.807, 2.05) is 20.8 Å². The standard InChI is InChI=1S/C8H9NOS2/c1-8(2,3)5(4-9)6-11-7(10)12-6/h1-3H3. The Morgan fingerprint density at radius 3 is 2.17 bits per heavy atom. The fourth-order valence-corrected chi connectivity index (χ4v) is 2.71. The highest BCUT2D eigenvalue weighted by Gasteiger charge is 2.31. The van der Waals surface area contributed by atoms with Crippen LogP contribution in [0, 0.1) is 16.7 Å². The Bertz CT molecular complexity index is 283. The summed E-state index contributed by atoms with van der Waals surface area (Å²) < 4.78 is 0.956. The van der Waals surface area contributed by atoms with E-state index in [1.165, 1.54) is 23.5 Å². The predicted octanol–water partition coefficient (Wildman–Crippen LogP) is 3.37. The molecule has 1 fully saturated rings. The van der Waals surface area contributed by atoms with Gasteiger partial charge in [0, 0.05) is 0 Å². The second kappa shape index (κ2) is 3.15. The quantitative estimate of drug-likeness (QED) is 0.561. The lowest BCUT2D eigenvalue weighted by molar-refractivity contribution is 0.276. The molecule has 1 heterocycles. The van der Waals surface area contributed by atoms with E-state index in [1.54, 1.807) is 0 Å². The molecule has 0 aromatic heterocycles. The van der Waals surface area contributed by atoms with Crippen LogP contribution in [-0.4, -0.2) is 4.45 Å². The van der Waals surface area contributed by atoms with Crippen molar-refractivity contribution in [1.82, 2.24) is 0 Å². The highest BCUT2D eigenvalue weighted by atomic mass is 32.3. The van der Waals surface area contributed by atoms with Crippen LogP contribution in [0.3, 0.4) is 0 Å². The predicted molar refractivity (Wildman–Crippen MR) is 52.7 cm³/mol. The van der Waals surface area contributed by atoms with Gasteiger partial charge in [-0.1, -0.05) is 20.8 Å². The van der Waals surface area contributed by atoms with Gasteiger partial charge in [-0.2, -0.15) is 5.26 Å². The summed E-state index contributed by atoms with van der Waals surface area (Å²) in [6.07, 6.45) is 0. The molecule has 64 valence electrons. The van der Waals surface area contributed by atoms with Crippen LogP contribution in [-0.2, 0) is 0 Å². The largest absolute Gasteiger partial charge is 0.274 e. The monoisotopic (exact) mass is 199 g/mol. The van der Waals surface area contributed by atoms with Gasteiger partial charge < -0.3 is 0 Å². The van der Waals surface area contributed by atoms with Gasteiger partial charge >= 0.3 is 0 Å². The fraction of sp³-hybridized carbons (Fsp3) is 0.500. The lowest BCUT2D eigenvalue weighted by atomic mass is 9.88. The Morgan fingerprint density at radius 2 is 1.92 bits per heavy atom. The molecule has 0 radical (unpaired) electrons. The van der Waals surface area contributed by atoms with E-state index >= 15 is 0 Å². The van der Waals surface area contributed by atoms with E-state index in [0.29, 0.717) is 0 Å². The number of nitrogens with zero attached hydrogens (tertiary/aromatic N) is 1. The first kappa shape index (κ1) is 9.69. The molecule has 0 saturated carbocycles. The van der Waals surface area contributed by atoms with Gasteiger partial charge in [0.2, 0.25) is 0 Å². The highest BCUT2D eigenvalue weighted by Crippen LogP contribution is 2.50. The van der Waals surface area contributed by atoms with Gasteiger partial charge in [-0.25, -0.2) is 0 Å². The van der Waals surface area contributed by atoms with E-state index in [-0.39, 0.29) is 9.86 Å². The van der Waals surface area contributed by atoms with Crippen molar-refractivity contribution >= 4 is 28.0 Å². The number of hydrogen-bond donors (Lipinski definition) is 0. The third-order valence-corrected chi connectivity index (χ3v) is 3.53. The minimum atomic E-state index is -0.148. The van der Waals surface area contributed by atoms with Crippen LogP contribution in [0.25, 0.3) is 0 Å². The Labute approximate surface area is 80.4 Å². The summed E-state index contributed by atoms with van der Waals surface area (Å²) in [5.74, 6) is 0. The van der Waals surface area contributed by atoms with Crippen LogP contribution in [0.5, 0.6) is 0 Å². The summed E-state index contributed by atoms with van der Waals surface area (Å²) in [5, 5.41) is 8.84. The number of rotatable bonds is 0. The van der Waals surface area contributed by atoms with Crippen molar-refractivity contribution < 1.29 is 4.79 Å². The Hall–Kier alpha value is -0.400. The zero-order chi connectivity index (χ0) is 9.35. The molecular formula is C8H9NOS2. The maximum atomic E-state index is 10.6. The van der Waals surface area contributed by atoms with Gasteiger partial charge in [0.05, 0.1) is 15.9 Å². The summed E-state index contributed by atoms with van der Waals surface area (Å²) >= 11 is 2.34. The van der Waals surface area contributed by atoms with Crippen LogP contribution >= 0.6 is 23.5 Å². The number of hydrogen-bond acceptors (Lipinski definition) is 4. The molecule has 0 unspecified atom stereocenters. The van der Waals surface area contributed by atoms with E-state index in [9.17, 15) is 4.79 Å². The number of carbonyl (C=O) groups is 1. The summed E-state index contributed by atoms with van der Waals surface area (Å²) in [6.45, 7) is 5.92.